The molecule has 2 N–H and O–H groups in total. The summed E-state index contributed by atoms with van der Waals surface area (Å²) >= 11 is 0. The van der Waals surface area contributed by atoms with E-state index < -0.39 is 11.7 Å². The molecular formula is C30H32FN5O3. The van der Waals surface area contributed by atoms with Crippen LogP contribution in [0.2, 0.25) is 0 Å². The van der Waals surface area contributed by atoms with Crippen molar-refractivity contribution in [2.45, 2.75) is 6.42 Å². The van der Waals surface area contributed by atoms with Gasteiger partial charge in [0.15, 0.2) is 0 Å². The Morgan fingerprint density at radius 3 is 2.23 bits per heavy atom. The van der Waals surface area contributed by atoms with Gasteiger partial charge in [-0.3, -0.25) is 14.4 Å². The third-order valence-electron chi connectivity index (χ3n) is 7.15. The van der Waals surface area contributed by atoms with Gasteiger partial charge in [-0.1, -0.05) is 36.4 Å². The zero-order chi connectivity index (χ0) is 27.2. The highest BCUT2D eigenvalue weighted by Crippen LogP contribution is 2.30. The summed E-state index contributed by atoms with van der Waals surface area (Å²) in [6.45, 7) is 4.95. The fourth-order valence-corrected chi connectivity index (χ4v) is 5.00. The van der Waals surface area contributed by atoms with Crippen molar-refractivity contribution in [3.05, 3.63) is 95.3 Å². The molecule has 0 bridgehead atoms. The maximum Gasteiger partial charge on any atom is 0.255 e. The van der Waals surface area contributed by atoms with Crippen LogP contribution in [0, 0.1) is 5.82 Å². The third kappa shape index (κ3) is 6.43. The van der Waals surface area contributed by atoms with Crippen molar-refractivity contribution in [1.29, 1.82) is 0 Å². The van der Waals surface area contributed by atoms with Gasteiger partial charge in [-0.2, -0.15) is 0 Å². The number of anilines is 2. The van der Waals surface area contributed by atoms with E-state index in [9.17, 15) is 18.8 Å². The van der Waals surface area contributed by atoms with Gasteiger partial charge >= 0.3 is 0 Å². The molecule has 3 amide bonds. The second kappa shape index (κ2) is 12.1. The first kappa shape index (κ1) is 26.4. The number of benzene rings is 3. The predicted molar refractivity (Wildman–Crippen MR) is 149 cm³/mol. The molecule has 0 saturated carbocycles. The van der Waals surface area contributed by atoms with Crippen LogP contribution in [0.4, 0.5) is 15.8 Å². The summed E-state index contributed by atoms with van der Waals surface area (Å²) in [6.07, 6.45) is 0.360. The summed E-state index contributed by atoms with van der Waals surface area (Å²) in [4.78, 5) is 44.8. The lowest BCUT2D eigenvalue weighted by atomic mass is 10.1. The van der Waals surface area contributed by atoms with Crippen molar-refractivity contribution < 1.29 is 18.8 Å². The minimum absolute atomic E-state index is 0.0810. The molecule has 2 saturated heterocycles. The van der Waals surface area contributed by atoms with E-state index in [1.54, 1.807) is 23.1 Å². The highest BCUT2D eigenvalue weighted by molar-refractivity contribution is 6.07. The highest BCUT2D eigenvalue weighted by atomic mass is 19.1. The Kier molecular flexibility index (Phi) is 8.17. The topological polar surface area (TPSA) is 85.0 Å². The summed E-state index contributed by atoms with van der Waals surface area (Å²) in [5, 5.41) is 6.15. The number of halogens is 1. The van der Waals surface area contributed by atoms with Crippen LogP contribution in [-0.4, -0.2) is 79.9 Å². The van der Waals surface area contributed by atoms with Crippen LogP contribution in [-0.2, 0) is 11.2 Å². The molecule has 0 atom stereocenters. The van der Waals surface area contributed by atoms with E-state index in [1.165, 1.54) is 18.2 Å². The lowest BCUT2D eigenvalue weighted by Crippen LogP contribution is -2.49. The van der Waals surface area contributed by atoms with Gasteiger partial charge in [-0.05, 0) is 42.0 Å². The van der Waals surface area contributed by atoms with Crippen LogP contribution in [0.25, 0.3) is 0 Å². The van der Waals surface area contributed by atoms with Gasteiger partial charge in [0.05, 0.1) is 17.8 Å². The molecule has 39 heavy (non-hydrogen) atoms. The van der Waals surface area contributed by atoms with E-state index in [0.717, 1.165) is 24.3 Å². The van der Waals surface area contributed by atoms with Gasteiger partial charge in [-0.25, -0.2) is 4.39 Å². The van der Waals surface area contributed by atoms with E-state index in [4.69, 9.17) is 0 Å². The molecule has 2 aliphatic rings. The molecule has 0 spiro atoms. The molecular weight excluding hydrogens is 497 g/mol. The van der Waals surface area contributed by atoms with E-state index in [2.05, 4.69) is 15.5 Å². The fourth-order valence-electron chi connectivity index (χ4n) is 5.00. The maximum atomic E-state index is 13.8. The summed E-state index contributed by atoms with van der Waals surface area (Å²) in [5.41, 5.74) is 2.89. The molecule has 5 rings (SSSR count). The zero-order valence-corrected chi connectivity index (χ0v) is 21.7. The SMILES string of the molecule is O=C(Nc1cc(C(=O)N2CCNCC2)ccc1N1CCN(C(=O)Cc2ccccc2)CC1)c1cccc(F)c1. The van der Waals surface area contributed by atoms with Gasteiger partial charge in [0.25, 0.3) is 11.8 Å². The van der Waals surface area contributed by atoms with Gasteiger partial charge in [0, 0.05) is 63.5 Å². The van der Waals surface area contributed by atoms with Crippen LogP contribution in [0.5, 0.6) is 0 Å². The van der Waals surface area contributed by atoms with Crippen molar-refractivity contribution in [1.82, 2.24) is 15.1 Å². The molecule has 202 valence electrons. The lowest BCUT2D eigenvalue weighted by molar-refractivity contribution is -0.130. The third-order valence-corrected chi connectivity index (χ3v) is 7.15. The quantitative estimate of drug-likeness (QED) is 0.513. The van der Waals surface area contributed by atoms with Crippen LogP contribution in [0.15, 0.2) is 72.8 Å². The smallest absolute Gasteiger partial charge is 0.255 e. The average Bonchev–Trinajstić information content (AvgIpc) is 2.98. The van der Waals surface area contributed by atoms with E-state index >= 15 is 0 Å². The molecule has 0 aromatic heterocycles. The van der Waals surface area contributed by atoms with E-state index in [1.807, 2.05) is 41.3 Å². The highest BCUT2D eigenvalue weighted by Gasteiger charge is 2.25. The predicted octanol–water partition coefficient (Wildman–Crippen LogP) is 3.01. The second-order valence-corrected chi connectivity index (χ2v) is 9.77. The van der Waals surface area contributed by atoms with E-state index in [-0.39, 0.29) is 17.4 Å². The number of rotatable bonds is 6. The number of amides is 3. The molecule has 8 nitrogen and oxygen atoms in total. The number of nitrogens with zero attached hydrogens (tertiary/aromatic N) is 3. The Labute approximate surface area is 227 Å². The first-order valence-electron chi connectivity index (χ1n) is 13.3. The first-order valence-corrected chi connectivity index (χ1v) is 13.3. The molecule has 3 aromatic carbocycles. The average molecular weight is 530 g/mol. The Bertz CT molecular complexity index is 1340. The summed E-state index contributed by atoms with van der Waals surface area (Å²) in [6, 6.07) is 20.5. The number of carbonyl (C=O) groups excluding carboxylic acids is 3. The number of hydrogen-bond acceptors (Lipinski definition) is 5. The van der Waals surface area contributed by atoms with Gasteiger partial charge in [0.2, 0.25) is 5.91 Å². The minimum Gasteiger partial charge on any atom is -0.366 e. The van der Waals surface area contributed by atoms with Gasteiger partial charge in [-0.15, -0.1) is 0 Å². The second-order valence-electron chi connectivity index (χ2n) is 9.77. The number of carbonyl (C=O) groups is 3. The summed E-state index contributed by atoms with van der Waals surface area (Å²) in [5.74, 6) is -0.973. The number of nitrogens with one attached hydrogen (secondary N) is 2. The van der Waals surface area contributed by atoms with Gasteiger partial charge in [0.1, 0.15) is 5.82 Å². The Hall–Kier alpha value is -4.24. The Morgan fingerprint density at radius 1 is 0.769 bits per heavy atom. The molecule has 9 heteroatoms. The lowest BCUT2D eigenvalue weighted by Gasteiger charge is -2.37. The van der Waals surface area contributed by atoms with E-state index in [0.29, 0.717) is 56.9 Å². The van der Waals surface area contributed by atoms with Crippen molar-refractivity contribution in [2.75, 3.05) is 62.6 Å². The molecule has 2 aliphatic heterocycles. The zero-order valence-electron chi connectivity index (χ0n) is 21.7. The van der Waals surface area contributed by atoms with Crippen LogP contribution in [0.3, 0.4) is 0 Å². The normalized spacial score (nSPS) is 15.7. The Balaban J connectivity index is 1.34. The molecule has 2 heterocycles. The molecule has 2 fully saturated rings. The Morgan fingerprint density at radius 2 is 1.51 bits per heavy atom. The standard InChI is InChI=1S/C30H32FN5O3/c31-25-8-4-7-23(20-25)29(38)33-26-21-24(30(39)36-13-11-32-12-14-36)9-10-27(26)34-15-17-35(18-16-34)28(37)19-22-5-2-1-3-6-22/h1-10,20-21,32H,11-19H2,(H,33,38). The number of hydrogen-bond donors (Lipinski definition) is 2. The molecule has 0 unspecified atom stereocenters. The molecule has 0 aliphatic carbocycles. The molecule has 3 aromatic rings. The monoisotopic (exact) mass is 529 g/mol. The van der Waals surface area contributed by atoms with Crippen LogP contribution in [0.1, 0.15) is 26.3 Å². The minimum atomic E-state index is -0.498. The molecule has 0 radical (unpaired) electrons. The number of piperazine rings is 2. The van der Waals surface area contributed by atoms with Crippen LogP contribution >= 0.6 is 0 Å². The van der Waals surface area contributed by atoms with Crippen molar-refractivity contribution in [3.8, 4) is 0 Å². The summed E-state index contributed by atoms with van der Waals surface area (Å²) < 4.78 is 13.8. The maximum absolute atomic E-state index is 13.8. The van der Waals surface area contributed by atoms with Gasteiger partial charge < -0.3 is 25.3 Å². The largest absolute Gasteiger partial charge is 0.366 e. The van der Waals surface area contributed by atoms with Crippen LogP contribution < -0.4 is 15.5 Å². The van der Waals surface area contributed by atoms with Crippen molar-refractivity contribution in [3.63, 3.8) is 0 Å². The summed E-state index contributed by atoms with van der Waals surface area (Å²) in [7, 11) is 0. The fraction of sp³-hybridized carbons (Fsp3) is 0.300. The van der Waals surface area contributed by atoms with Crippen molar-refractivity contribution >= 4 is 29.1 Å². The van der Waals surface area contributed by atoms with Crippen molar-refractivity contribution in [2.24, 2.45) is 0 Å². The first-order chi connectivity index (χ1) is 19.0.